The average Bonchev–Trinajstić information content (AvgIpc) is 2.33. The highest BCUT2D eigenvalue weighted by Crippen LogP contribution is 2.28. The summed E-state index contributed by atoms with van der Waals surface area (Å²) in [6.45, 7) is 1.32. The van der Waals surface area contributed by atoms with E-state index in [0.29, 0.717) is 13.2 Å². The normalized spacial score (nSPS) is 15.6. The first-order valence-corrected chi connectivity index (χ1v) is 2.89. The molecular formula is C6H7NO2. The molecule has 48 valence electrons. The predicted molar refractivity (Wildman–Crippen MR) is 31.8 cm³/mol. The molecule has 1 aromatic heterocycles. The molecule has 9 heavy (non-hydrogen) atoms. The zero-order valence-electron chi connectivity index (χ0n) is 4.89. The Morgan fingerprint density at radius 1 is 1.11 bits per heavy atom. The van der Waals surface area contributed by atoms with Crippen molar-refractivity contribution in [3.05, 3.63) is 12.4 Å². The lowest BCUT2D eigenvalue weighted by molar-refractivity contribution is 0.173. The van der Waals surface area contributed by atoms with E-state index in [4.69, 9.17) is 9.47 Å². The summed E-state index contributed by atoms with van der Waals surface area (Å²) in [5.41, 5.74) is 0. The number of aromatic nitrogens is 1. The van der Waals surface area contributed by atoms with Gasteiger partial charge < -0.3 is 14.5 Å². The van der Waals surface area contributed by atoms with Crippen molar-refractivity contribution < 1.29 is 9.47 Å². The Labute approximate surface area is 52.6 Å². The summed E-state index contributed by atoms with van der Waals surface area (Å²) in [7, 11) is 0. The van der Waals surface area contributed by atoms with Gasteiger partial charge >= 0.3 is 0 Å². The maximum absolute atomic E-state index is 5.21. The second-order valence-corrected chi connectivity index (χ2v) is 1.88. The van der Waals surface area contributed by atoms with Crippen molar-refractivity contribution in [2.75, 3.05) is 13.2 Å². The summed E-state index contributed by atoms with van der Waals surface area (Å²) in [5.74, 6) is 1.64. The lowest BCUT2D eigenvalue weighted by atomic mass is 10.5. The highest BCUT2D eigenvalue weighted by atomic mass is 16.6. The molecule has 3 nitrogen and oxygen atoms in total. The number of hydrogen-bond acceptors (Lipinski definition) is 2. The number of H-pyrrole nitrogens is 1. The fraction of sp³-hybridized carbons (Fsp3) is 0.333. The van der Waals surface area contributed by atoms with Crippen LogP contribution < -0.4 is 9.47 Å². The molecule has 1 aromatic rings. The van der Waals surface area contributed by atoms with Crippen molar-refractivity contribution in [1.29, 1.82) is 0 Å². The molecular weight excluding hydrogens is 118 g/mol. The lowest BCUT2D eigenvalue weighted by Gasteiger charge is -2.13. The SMILES string of the molecule is c1[nH]cc2c1OCCO2. The molecule has 1 N–H and O–H groups in total. The summed E-state index contributed by atoms with van der Waals surface area (Å²) in [5, 5.41) is 0. The van der Waals surface area contributed by atoms with E-state index in [9.17, 15) is 0 Å². The van der Waals surface area contributed by atoms with Crippen LogP contribution in [-0.4, -0.2) is 18.2 Å². The van der Waals surface area contributed by atoms with E-state index in [-0.39, 0.29) is 0 Å². The van der Waals surface area contributed by atoms with Crippen LogP contribution in [0.2, 0.25) is 0 Å². The molecule has 0 aliphatic carbocycles. The van der Waals surface area contributed by atoms with Gasteiger partial charge in [-0.2, -0.15) is 0 Å². The third-order valence-electron chi connectivity index (χ3n) is 1.27. The van der Waals surface area contributed by atoms with Crippen LogP contribution in [0, 0.1) is 0 Å². The van der Waals surface area contributed by atoms with Gasteiger partial charge in [0.1, 0.15) is 13.2 Å². The Morgan fingerprint density at radius 3 is 2.22 bits per heavy atom. The average molecular weight is 125 g/mol. The van der Waals surface area contributed by atoms with Gasteiger partial charge in [-0.15, -0.1) is 0 Å². The van der Waals surface area contributed by atoms with Crippen LogP contribution in [0.5, 0.6) is 11.5 Å². The van der Waals surface area contributed by atoms with Crippen molar-refractivity contribution in [2.24, 2.45) is 0 Å². The first-order valence-electron chi connectivity index (χ1n) is 2.89. The van der Waals surface area contributed by atoms with E-state index in [1.807, 2.05) is 0 Å². The minimum absolute atomic E-state index is 0.658. The molecule has 0 atom stereocenters. The van der Waals surface area contributed by atoms with Gasteiger partial charge in [0.25, 0.3) is 0 Å². The Balaban J connectivity index is 2.39. The number of ether oxygens (including phenoxy) is 2. The molecule has 3 heteroatoms. The van der Waals surface area contributed by atoms with Crippen molar-refractivity contribution in [2.45, 2.75) is 0 Å². The second kappa shape index (κ2) is 1.69. The summed E-state index contributed by atoms with van der Waals surface area (Å²) in [4.78, 5) is 2.89. The molecule has 0 unspecified atom stereocenters. The van der Waals surface area contributed by atoms with E-state index < -0.39 is 0 Å². The second-order valence-electron chi connectivity index (χ2n) is 1.88. The number of rotatable bonds is 0. The standard InChI is InChI=1S/C6H7NO2/c1-2-9-6-4-7-3-5(6)8-1/h3-4,7H,1-2H2. The molecule has 0 bridgehead atoms. The number of aromatic amines is 1. The molecule has 2 rings (SSSR count). The molecule has 0 amide bonds. The third kappa shape index (κ3) is 0.650. The molecule has 0 fully saturated rings. The van der Waals surface area contributed by atoms with Crippen LogP contribution >= 0.6 is 0 Å². The van der Waals surface area contributed by atoms with Crippen LogP contribution in [0.15, 0.2) is 12.4 Å². The fourth-order valence-corrected chi connectivity index (χ4v) is 0.864. The number of fused-ring (bicyclic) bond motifs is 1. The zero-order chi connectivity index (χ0) is 6.10. The molecule has 1 aliphatic heterocycles. The van der Waals surface area contributed by atoms with Crippen LogP contribution in [0.25, 0.3) is 0 Å². The Morgan fingerprint density at radius 2 is 1.67 bits per heavy atom. The third-order valence-corrected chi connectivity index (χ3v) is 1.27. The largest absolute Gasteiger partial charge is 0.485 e. The van der Waals surface area contributed by atoms with E-state index in [1.165, 1.54) is 0 Å². The molecule has 0 saturated carbocycles. The first-order chi connectivity index (χ1) is 4.47. The smallest absolute Gasteiger partial charge is 0.178 e. The van der Waals surface area contributed by atoms with Crippen LogP contribution in [0.3, 0.4) is 0 Å². The van der Waals surface area contributed by atoms with Gasteiger partial charge in [0.15, 0.2) is 11.5 Å². The first kappa shape index (κ1) is 4.73. The van der Waals surface area contributed by atoms with Crippen LogP contribution in [0.1, 0.15) is 0 Å². The minimum Gasteiger partial charge on any atom is -0.485 e. The Kier molecular flexibility index (Phi) is 0.886. The van der Waals surface area contributed by atoms with Gasteiger partial charge in [-0.1, -0.05) is 0 Å². The van der Waals surface area contributed by atoms with Crippen molar-refractivity contribution in [1.82, 2.24) is 4.98 Å². The zero-order valence-corrected chi connectivity index (χ0v) is 4.89. The Bertz CT molecular complexity index is 186. The number of nitrogens with one attached hydrogen (secondary N) is 1. The predicted octanol–water partition coefficient (Wildman–Crippen LogP) is 0.786. The molecule has 1 aliphatic rings. The maximum Gasteiger partial charge on any atom is 0.178 e. The quantitative estimate of drug-likeness (QED) is 0.556. The highest BCUT2D eigenvalue weighted by Gasteiger charge is 2.09. The van der Waals surface area contributed by atoms with Gasteiger partial charge in [0.05, 0.1) is 0 Å². The topological polar surface area (TPSA) is 34.2 Å². The van der Waals surface area contributed by atoms with Crippen molar-refractivity contribution in [3.63, 3.8) is 0 Å². The maximum atomic E-state index is 5.21. The van der Waals surface area contributed by atoms with Crippen LogP contribution in [0.4, 0.5) is 0 Å². The molecule has 0 saturated heterocycles. The molecule has 0 spiro atoms. The summed E-state index contributed by atoms with van der Waals surface area (Å²) < 4.78 is 10.4. The molecule has 0 aromatic carbocycles. The minimum atomic E-state index is 0.658. The van der Waals surface area contributed by atoms with Crippen molar-refractivity contribution in [3.8, 4) is 11.5 Å². The van der Waals surface area contributed by atoms with Gasteiger partial charge in [0, 0.05) is 12.4 Å². The summed E-state index contributed by atoms with van der Waals surface area (Å²) >= 11 is 0. The highest BCUT2D eigenvalue weighted by molar-refractivity contribution is 5.37. The lowest BCUT2D eigenvalue weighted by Crippen LogP contribution is -2.13. The van der Waals surface area contributed by atoms with Crippen LogP contribution in [-0.2, 0) is 0 Å². The summed E-state index contributed by atoms with van der Waals surface area (Å²) in [6, 6.07) is 0. The van der Waals surface area contributed by atoms with E-state index in [0.717, 1.165) is 11.5 Å². The van der Waals surface area contributed by atoms with E-state index in [2.05, 4.69) is 4.98 Å². The fourth-order valence-electron chi connectivity index (χ4n) is 0.864. The monoisotopic (exact) mass is 125 g/mol. The Hall–Kier alpha value is -1.12. The van der Waals surface area contributed by atoms with Gasteiger partial charge in [0.2, 0.25) is 0 Å². The van der Waals surface area contributed by atoms with Gasteiger partial charge in [-0.05, 0) is 0 Å². The van der Waals surface area contributed by atoms with Gasteiger partial charge in [-0.25, -0.2) is 0 Å². The van der Waals surface area contributed by atoms with E-state index in [1.54, 1.807) is 12.4 Å². The molecule has 0 radical (unpaired) electrons. The summed E-state index contributed by atoms with van der Waals surface area (Å²) in [6.07, 6.45) is 3.57. The van der Waals surface area contributed by atoms with E-state index >= 15 is 0 Å². The van der Waals surface area contributed by atoms with Gasteiger partial charge in [-0.3, -0.25) is 0 Å². The van der Waals surface area contributed by atoms with Crippen molar-refractivity contribution >= 4 is 0 Å². The number of hydrogen-bond donors (Lipinski definition) is 1. The molecule has 2 heterocycles.